The summed E-state index contributed by atoms with van der Waals surface area (Å²) in [7, 11) is 3.67. The van der Waals surface area contributed by atoms with Crippen molar-refractivity contribution in [2.24, 2.45) is 0 Å². The van der Waals surface area contributed by atoms with Crippen LogP contribution in [-0.2, 0) is 4.79 Å². The quantitative estimate of drug-likeness (QED) is 0.648. The summed E-state index contributed by atoms with van der Waals surface area (Å²) >= 11 is 4.28. The number of nitrogens with zero attached hydrogens (tertiary/aromatic N) is 2. The number of quaternary nitrogens is 1. The molecule has 0 saturated heterocycles. The molecule has 0 aliphatic heterocycles. The second kappa shape index (κ2) is 5.42. The van der Waals surface area contributed by atoms with Gasteiger partial charge in [-0.05, 0) is 37.1 Å². The number of carbonyl (C=O) groups excluding carboxylic acids is 1. The second-order valence-electron chi connectivity index (χ2n) is 4.92. The molecular formula is C13H18N3OS+. The van der Waals surface area contributed by atoms with Crippen molar-refractivity contribution >= 4 is 24.4 Å². The number of hydrogen-bond donors (Lipinski definition) is 2. The summed E-state index contributed by atoms with van der Waals surface area (Å²) in [5.74, 6) is -0.0918. The number of rotatable bonds is 3. The minimum atomic E-state index is -0.0918. The van der Waals surface area contributed by atoms with Gasteiger partial charge in [0.25, 0.3) is 5.91 Å². The van der Waals surface area contributed by atoms with E-state index in [0.29, 0.717) is 5.56 Å². The van der Waals surface area contributed by atoms with Gasteiger partial charge < -0.3 is 5.32 Å². The molecule has 0 saturated carbocycles. The summed E-state index contributed by atoms with van der Waals surface area (Å²) in [6, 6.07) is 5.63. The number of nitriles is 1. The molecule has 4 nitrogen and oxygen atoms in total. The molecule has 0 bridgehead atoms. The van der Waals surface area contributed by atoms with Crippen molar-refractivity contribution in [2.45, 2.75) is 13.8 Å². The maximum atomic E-state index is 11.8. The Labute approximate surface area is 113 Å². The van der Waals surface area contributed by atoms with Gasteiger partial charge in [0.05, 0.1) is 38.5 Å². The maximum absolute atomic E-state index is 11.8. The average Bonchev–Trinajstić information content (AvgIpc) is 2.20. The highest BCUT2D eigenvalue weighted by Gasteiger charge is 2.17. The van der Waals surface area contributed by atoms with Gasteiger partial charge in [0.2, 0.25) is 0 Å². The van der Waals surface area contributed by atoms with E-state index < -0.39 is 0 Å². The smallest absolute Gasteiger partial charge is 0.280 e. The van der Waals surface area contributed by atoms with E-state index in [4.69, 9.17) is 5.26 Å². The molecule has 0 aliphatic rings. The zero-order valence-corrected chi connectivity index (χ0v) is 12.0. The number of thiol groups is 1. The molecule has 1 N–H and O–H groups in total. The predicted molar refractivity (Wildman–Crippen MR) is 75.2 cm³/mol. The van der Waals surface area contributed by atoms with Crippen LogP contribution in [0.1, 0.15) is 16.7 Å². The molecule has 1 rings (SSSR count). The third-order valence-electron chi connectivity index (χ3n) is 2.46. The number of likely N-dealkylation sites (N-methyl/N-ethyl adjacent to an activating group) is 1. The normalized spacial score (nSPS) is 10.9. The Morgan fingerprint density at radius 2 is 1.89 bits per heavy atom. The fourth-order valence-corrected chi connectivity index (χ4v) is 1.88. The molecule has 1 amide bonds. The fraction of sp³-hybridized carbons (Fsp3) is 0.385. The minimum Gasteiger partial charge on any atom is -0.321 e. The lowest BCUT2D eigenvalue weighted by molar-refractivity contribution is -0.737. The van der Waals surface area contributed by atoms with Crippen molar-refractivity contribution in [3.8, 4) is 6.07 Å². The van der Waals surface area contributed by atoms with Crippen LogP contribution in [0.2, 0.25) is 0 Å². The molecular weight excluding hydrogens is 246 g/mol. The first-order valence-electron chi connectivity index (χ1n) is 5.60. The van der Waals surface area contributed by atoms with E-state index in [1.807, 2.05) is 27.9 Å². The van der Waals surface area contributed by atoms with Crippen molar-refractivity contribution < 1.29 is 8.68 Å². The number of hydrogen-bond acceptors (Lipinski definition) is 3. The highest BCUT2D eigenvalue weighted by molar-refractivity contribution is 7.74. The zero-order valence-electron chi connectivity index (χ0n) is 11.1. The molecule has 1 aromatic carbocycles. The Bertz CT molecular complexity index is 489. The van der Waals surface area contributed by atoms with Gasteiger partial charge in [-0.2, -0.15) is 5.26 Å². The van der Waals surface area contributed by atoms with Crippen LogP contribution in [0.25, 0.3) is 0 Å². The number of carbonyl (C=O) groups is 1. The highest BCUT2D eigenvalue weighted by atomic mass is 32.1. The van der Waals surface area contributed by atoms with Crippen molar-refractivity contribution in [3.63, 3.8) is 0 Å². The van der Waals surface area contributed by atoms with Gasteiger partial charge in [-0.15, -0.1) is 0 Å². The lowest BCUT2D eigenvalue weighted by Gasteiger charge is -2.21. The number of nitrogens with one attached hydrogen (secondary N) is 1. The Morgan fingerprint density at radius 3 is 2.28 bits per heavy atom. The molecule has 1 aromatic rings. The summed E-state index contributed by atoms with van der Waals surface area (Å²) in [4.78, 5) is 11.8. The number of aryl methyl sites for hydroxylation is 2. The van der Waals surface area contributed by atoms with Crippen LogP contribution in [0, 0.1) is 25.2 Å². The third kappa shape index (κ3) is 4.06. The topological polar surface area (TPSA) is 52.9 Å². The first kappa shape index (κ1) is 14.6. The van der Waals surface area contributed by atoms with Crippen LogP contribution < -0.4 is 5.32 Å². The molecule has 0 fully saturated rings. The first-order chi connectivity index (χ1) is 8.23. The Hall–Kier alpha value is -1.51. The lowest BCUT2D eigenvalue weighted by atomic mass is 10.0. The van der Waals surface area contributed by atoms with Crippen molar-refractivity contribution in [2.75, 3.05) is 26.0 Å². The van der Waals surface area contributed by atoms with Gasteiger partial charge in [-0.1, -0.05) is 0 Å². The van der Waals surface area contributed by atoms with Crippen LogP contribution >= 0.6 is 12.8 Å². The fourth-order valence-electron chi connectivity index (χ4n) is 1.76. The predicted octanol–water partition coefficient (Wildman–Crippen LogP) is 2.03. The Balaban J connectivity index is 2.93. The van der Waals surface area contributed by atoms with Crippen LogP contribution in [0.15, 0.2) is 12.1 Å². The molecule has 0 heterocycles. The standard InChI is InChI=1S/C13H17N3OS/c1-9-5-11(7-14)6-10(2)13(9)15-12(17)8-16(3,4)18/h5-6,18H,8H2,1-4H3/p+1. The highest BCUT2D eigenvalue weighted by Crippen LogP contribution is 2.22. The van der Waals surface area contributed by atoms with Gasteiger partial charge in [-0.25, -0.2) is 0 Å². The van der Waals surface area contributed by atoms with E-state index in [-0.39, 0.29) is 16.3 Å². The zero-order chi connectivity index (χ0) is 13.9. The minimum absolute atomic E-state index is 0.0918. The Morgan fingerprint density at radius 1 is 1.39 bits per heavy atom. The van der Waals surface area contributed by atoms with Crippen LogP contribution in [0.3, 0.4) is 0 Å². The molecule has 0 atom stereocenters. The molecule has 0 aliphatic carbocycles. The molecule has 0 unspecified atom stereocenters. The first-order valence-corrected chi connectivity index (χ1v) is 6.00. The van der Waals surface area contributed by atoms with Gasteiger partial charge >= 0.3 is 0 Å². The van der Waals surface area contributed by atoms with Crippen molar-refractivity contribution in [3.05, 3.63) is 28.8 Å². The molecule has 0 spiro atoms. The average molecular weight is 264 g/mol. The largest absolute Gasteiger partial charge is 0.321 e. The molecule has 5 heteroatoms. The second-order valence-corrected chi connectivity index (χ2v) is 6.01. The monoisotopic (exact) mass is 264 g/mol. The van der Waals surface area contributed by atoms with Gasteiger partial charge in [0.1, 0.15) is 0 Å². The summed E-state index contributed by atoms with van der Waals surface area (Å²) in [5, 5.41) is 11.7. The van der Waals surface area contributed by atoms with Gasteiger partial charge in [0.15, 0.2) is 6.54 Å². The van der Waals surface area contributed by atoms with E-state index in [0.717, 1.165) is 16.8 Å². The van der Waals surface area contributed by atoms with E-state index in [9.17, 15) is 4.79 Å². The number of amides is 1. The van der Waals surface area contributed by atoms with E-state index in [1.165, 1.54) is 0 Å². The summed E-state index contributed by atoms with van der Waals surface area (Å²) in [6.07, 6.45) is 0. The number of benzene rings is 1. The summed E-state index contributed by atoms with van der Waals surface area (Å²) in [5.41, 5.74) is 3.17. The van der Waals surface area contributed by atoms with E-state index in [2.05, 4.69) is 24.2 Å². The van der Waals surface area contributed by atoms with Crippen molar-refractivity contribution in [1.29, 1.82) is 5.26 Å². The van der Waals surface area contributed by atoms with Gasteiger partial charge in [-0.3, -0.25) is 8.68 Å². The van der Waals surface area contributed by atoms with Crippen LogP contribution in [0.5, 0.6) is 0 Å². The molecule has 96 valence electrons. The van der Waals surface area contributed by atoms with Crippen LogP contribution in [-0.4, -0.2) is 30.4 Å². The SMILES string of the molecule is Cc1cc(C#N)cc(C)c1NC(=O)C[N+](C)(C)S. The summed E-state index contributed by atoms with van der Waals surface area (Å²) < 4.78 is 0.278. The van der Waals surface area contributed by atoms with E-state index >= 15 is 0 Å². The molecule has 0 aromatic heterocycles. The van der Waals surface area contributed by atoms with Crippen LogP contribution in [0.4, 0.5) is 5.69 Å². The van der Waals surface area contributed by atoms with Crippen molar-refractivity contribution in [1.82, 2.24) is 0 Å². The number of anilines is 1. The Kier molecular flexibility index (Phi) is 4.38. The third-order valence-corrected chi connectivity index (χ3v) is 2.60. The van der Waals surface area contributed by atoms with E-state index in [1.54, 1.807) is 12.1 Å². The molecule has 18 heavy (non-hydrogen) atoms. The lowest BCUT2D eigenvalue weighted by Crippen LogP contribution is -2.37. The van der Waals surface area contributed by atoms with Gasteiger partial charge in [0, 0.05) is 5.69 Å². The summed E-state index contributed by atoms with van der Waals surface area (Å²) in [6.45, 7) is 4.04. The molecule has 0 radical (unpaired) electrons. The maximum Gasteiger partial charge on any atom is 0.280 e.